The van der Waals surface area contributed by atoms with Gasteiger partial charge in [0.1, 0.15) is 6.61 Å². The second-order valence-electron chi connectivity index (χ2n) is 5.17. The van der Waals surface area contributed by atoms with Crippen LogP contribution in [0.2, 0.25) is 0 Å². The standard InChI is InChI=1S/C11H23N3O2/c1-11(2,12)9-16-8-10(15)14-6-4-13(3)5-7-14/h4-9,12H2,1-3H3. The predicted octanol–water partition coefficient (Wildman–Crippen LogP) is -0.486. The van der Waals surface area contributed by atoms with E-state index in [0.717, 1.165) is 26.2 Å². The van der Waals surface area contributed by atoms with Crippen molar-refractivity contribution in [1.29, 1.82) is 0 Å². The van der Waals surface area contributed by atoms with Gasteiger partial charge in [0.25, 0.3) is 0 Å². The Morgan fingerprint density at radius 2 is 1.88 bits per heavy atom. The van der Waals surface area contributed by atoms with Gasteiger partial charge in [-0.25, -0.2) is 0 Å². The molecule has 0 atom stereocenters. The lowest BCUT2D eigenvalue weighted by atomic mass is 10.1. The van der Waals surface area contributed by atoms with E-state index in [-0.39, 0.29) is 18.1 Å². The zero-order valence-electron chi connectivity index (χ0n) is 10.5. The van der Waals surface area contributed by atoms with Gasteiger partial charge in [0.05, 0.1) is 6.61 Å². The molecule has 0 aromatic rings. The molecule has 1 saturated heterocycles. The molecule has 0 aromatic carbocycles. The number of ether oxygens (including phenoxy) is 1. The first-order chi connectivity index (χ1) is 7.38. The summed E-state index contributed by atoms with van der Waals surface area (Å²) in [5, 5.41) is 0. The zero-order valence-corrected chi connectivity index (χ0v) is 10.5. The first-order valence-corrected chi connectivity index (χ1v) is 5.71. The average molecular weight is 229 g/mol. The maximum absolute atomic E-state index is 11.7. The highest BCUT2D eigenvalue weighted by Gasteiger charge is 2.19. The van der Waals surface area contributed by atoms with E-state index in [1.54, 1.807) is 0 Å². The third-order valence-corrected chi connectivity index (χ3v) is 2.56. The third kappa shape index (κ3) is 4.92. The Morgan fingerprint density at radius 1 is 1.31 bits per heavy atom. The number of nitrogens with zero attached hydrogens (tertiary/aromatic N) is 2. The van der Waals surface area contributed by atoms with Gasteiger partial charge < -0.3 is 20.3 Å². The Balaban J connectivity index is 2.20. The summed E-state index contributed by atoms with van der Waals surface area (Å²) in [6.07, 6.45) is 0. The molecule has 1 heterocycles. The first kappa shape index (κ1) is 13.4. The van der Waals surface area contributed by atoms with Crippen LogP contribution in [-0.4, -0.2) is 67.7 Å². The number of likely N-dealkylation sites (N-methyl/N-ethyl adjacent to an activating group) is 1. The molecule has 0 aromatic heterocycles. The Bertz CT molecular complexity index is 230. The Morgan fingerprint density at radius 3 is 2.38 bits per heavy atom. The van der Waals surface area contributed by atoms with Crippen molar-refractivity contribution in [1.82, 2.24) is 9.80 Å². The fraction of sp³-hybridized carbons (Fsp3) is 0.909. The summed E-state index contributed by atoms with van der Waals surface area (Å²) in [5.74, 6) is 0.0670. The van der Waals surface area contributed by atoms with Crippen LogP contribution in [0.15, 0.2) is 0 Å². The van der Waals surface area contributed by atoms with Crippen LogP contribution in [0.5, 0.6) is 0 Å². The van der Waals surface area contributed by atoms with Crippen LogP contribution >= 0.6 is 0 Å². The van der Waals surface area contributed by atoms with Crippen LogP contribution in [0, 0.1) is 0 Å². The summed E-state index contributed by atoms with van der Waals surface area (Å²) in [6, 6.07) is 0. The van der Waals surface area contributed by atoms with Gasteiger partial charge in [-0.2, -0.15) is 0 Å². The molecule has 0 radical (unpaired) electrons. The highest BCUT2D eigenvalue weighted by molar-refractivity contribution is 5.77. The quantitative estimate of drug-likeness (QED) is 0.707. The van der Waals surface area contributed by atoms with E-state index in [2.05, 4.69) is 11.9 Å². The van der Waals surface area contributed by atoms with Crippen molar-refractivity contribution >= 4 is 5.91 Å². The minimum Gasteiger partial charge on any atom is -0.370 e. The fourth-order valence-electron chi connectivity index (χ4n) is 1.55. The Hall–Kier alpha value is -0.650. The van der Waals surface area contributed by atoms with Crippen molar-refractivity contribution in [3.05, 3.63) is 0 Å². The lowest BCUT2D eigenvalue weighted by molar-refractivity contribution is -0.138. The lowest BCUT2D eigenvalue weighted by Gasteiger charge is -2.32. The van der Waals surface area contributed by atoms with Crippen molar-refractivity contribution in [2.24, 2.45) is 5.73 Å². The molecule has 1 amide bonds. The van der Waals surface area contributed by atoms with E-state index >= 15 is 0 Å². The van der Waals surface area contributed by atoms with Gasteiger partial charge >= 0.3 is 0 Å². The van der Waals surface area contributed by atoms with Crippen molar-refractivity contribution in [3.8, 4) is 0 Å². The van der Waals surface area contributed by atoms with Crippen LogP contribution in [0.1, 0.15) is 13.8 Å². The largest absolute Gasteiger partial charge is 0.370 e. The number of carbonyl (C=O) groups excluding carboxylic acids is 1. The minimum atomic E-state index is -0.373. The molecule has 0 aliphatic carbocycles. The molecule has 16 heavy (non-hydrogen) atoms. The van der Waals surface area contributed by atoms with E-state index in [0.29, 0.717) is 6.61 Å². The van der Waals surface area contributed by atoms with E-state index < -0.39 is 0 Å². The monoisotopic (exact) mass is 229 g/mol. The number of piperazine rings is 1. The summed E-state index contributed by atoms with van der Waals surface area (Å²) >= 11 is 0. The van der Waals surface area contributed by atoms with Gasteiger partial charge in [-0.05, 0) is 20.9 Å². The van der Waals surface area contributed by atoms with Gasteiger partial charge in [0, 0.05) is 31.7 Å². The van der Waals surface area contributed by atoms with E-state index in [1.807, 2.05) is 18.7 Å². The molecule has 0 saturated carbocycles. The summed E-state index contributed by atoms with van der Waals surface area (Å²) in [6.45, 7) is 7.79. The van der Waals surface area contributed by atoms with Crippen LogP contribution in [0.3, 0.4) is 0 Å². The summed E-state index contributed by atoms with van der Waals surface area (Å²) in [5.41, 5.74) is 5.39. The topological polar surface area (TPSA) is 58.8 Å². The second-order valence-corrected chi connectivity index (χ2v) is 5.17. The third-order valence-electron chi connectivity index (χ3n) is 2.56. The molecule has 94 valence electrons. The highest BCUT2D eigenvalue weighted by atomic mass is 16.5. The van der Waals surface area contributed by atoms with Gasteiger partial charge in [-0.15, -0.1) is 0 Å². The van der Waals surface area contributed by atoms with Crippen LogP contribution in [0.25, 0.3) is 0 Å². The van der Waals surface area contributed by atoms with Crippen molar-refractivity contribution in [3.63, 3.8) is 0 Å². The molecule has 5 nitrogen and oxygen atoms in total. The number of hydrogen-bond acceptors (Lipinski definition) is 4. The predicted molar refractivity (Wildman–Crippen MR) is 63.2 cm³/mol. The molecular formula is C11H23N3O2. The maximum Gasteiger partial charge on any atom is 0.248 e. The molecule has 0 bridgehead atoms. The lowest BCUT2D eigenvalue weighted by Crippen LogP contribution is -2.48. The van der Waals surface area contributed by atoms with Crippen molar-refractivity contribution in [2.75, 3.05) is 46.4 Å². The van der Waals surface area contributed by atoms with Gasteiger partial charge in [-0.1, -0.05) is 0 Å². The highest BCUT2D eigenvalue weighted by Crippen LogP contribution is 2.01. The van der Waals surface area contributed by atoms with E-state index in [4.69, 9.17) is 10.5 Å². The summed E-state index contributed by atoms with van der Waals surface area (Å²) in [7, 11) is 2.06. The molecule has 1 fully saturated rings. The molecule has 5 heteroatoms. The van der Waals surface area contributed by atoms with Gasteiger partial charge in [0.2, 0.25) is 5.91 Å². The number of nitrogens with two attached hydrogens (primary N) is 1. The second kappa shape index (κ2) is 5.61. The molecule has 0 spiro atoms. The van der Waals surface area contributed by atoms with Crippen molar-refractivity contribution < 1.29 is 9.53 Å². The first-order valence-electron chi connectivity index (χ1n) is 5.71. The normalized spacial score (nSPS) is 18.9. The SMILES string of the molecule is CN1CCN(C(=O)COCC(C)(C)N)CC1. The minimum absolute atomic E-state index is 0.0670. The fourth-order valence-corrected chi connectivity index (χ4v) is 1.55. The van der Waals surface area contributed by atoms with Crippen LogP contribution in [0.4, 0.5) is 0 Å². The van der Waals surface area contributed by atoms with Crippen LogP contribution in [-0.2, 0) is 9.53 Å². The molecule has 2 N–H and O–H groups in total. The Kier molecular flexibility index (Phi) is 4.70. The van der Waals surface area contributed by atoms with Crippen LogP contribution < -0.4 is 5.73 Å². The maximum atomic E-state index is 11.7. The molecule has 1 aliphatic rings. The summed E-state index contributed by atoms with van der Waals surface area (Å²) in [4.78, 5) is 15.8. The average Bonchev–Trinajstić information content (AvgIpc) is 2.16. The number of rotatable bonds is 4. The van der Waals surface area contributed by atoms with Crippen molar-refractivity contribution in [2.45, 2.75) is 19.4 Å². The van der Waals surface area contributed by atoms with Gasteiger partial charge in [0.15, 0.2) is 0 Å². The van der Waals surface area contributed by atoms with E-state index in [9.17, 15) is 4.79 Å². The Labute approximate surface area is 97.5 Å². The number of hydrogen-bond donors (Lipinski definition) is 1. The number of amides is 1. The number of carbonyl (C=O) groups is 1. The summed E-state index contributed by atoms with van der Waals surface area (Å²) < 4.78 is 5.31. The molecular weight excluding hydrogens is 206 g/mol. The smallest absolute Gasteiger partial charge is 0.248 e. The van der Waals surface area contributed by atoms with Gasteiger partial charge in [-0.3, -0.25) is 4.79 Å². The zero-order chi connectivity index (χ0) is 12.2. The van der Waals surface area contributed by atoms with E-state index in [1.165, 1.54) is 0 Å². The molecule has 1 aliphatic heterocycles. The molecule has 1 rings (SSSR count). The molecule has 0 unspecified atom stereocenters.